The van der Waals surface area contributed by atoms with Gasteiger partial charge in [-0.2, -0.15) is 5.26 Å². The summed E-state index contributed by atoms with van der Waals surface area (Å²) in [5.41, 5.74) is 0.202. The number of carbonyl (C=O) groups excluding carboxylic acids is 1. The molecule has 5 rings (SSSR count). The van der Waals surface area contributed by atoms with Crippen LogP contribution in [0.2, 0.25) is 5.02 Å². The molecular formula is C26H23ClF3N5O3S. The lowest BCUT2D eigenvalue weighted by molar-refractivity contribution is -0.122. The van der Waals surface area contributed by atoms with Gasteiger partial charge in [-0.05, 0) is 48.9 Å². The smallest absolute Gasteiger partial charge is 0.251 e. The van der Waals surface area contributed by atoms with Crippen LogP contribution in [0.4, 0.5) is 24.5 Å². The lowest BCUT2D eigenvalue weighted by atomic mass is 9.86. The van der Waals surface area contributed by atoms with Crippen molar-refractivity contribution in [1.82, 2.24) is 10.0 Å². The predicted octanol–water partition coefficient (Wildman–Crippen LogP) is 4.03. The average Bonchev–Trinajstić information content (AvgIpc) is 3.23. The van der Waals surface area contributed by atoms with Gasteiger partial charge < -0.3 is 4.90 Å². The van der Waals surface area contributed by atoms with Crippen LogP contribution in [0.3, 0.4) is 0 Å². The van der Waals surface area contributed by atoms with Crippen molar-refractivity contribution in [3.8, 4) is 6.07 Å². The molecule has 2 heterocycles. The first-order chi connectivity index (χ1) is 18.5. The highest BCUT2D eigenvalue weighted by molar-refractivity contribution is 7.89. The Kier molecular flexibility index (Phi) is 6.97. The van der Waals surface area contributed by atoms with E-state index in [0.717, 1.165) is 17.0 Å². The number of nitrogens with zero attached hydrogens (tertiary/aromatic N) is 3. The molecule has 1 saturated carbocycles. The van der Waals surface area contributed by atoms with E-state index in [0.29, 0.717) is 5.69 Å². The zero-order valence-electron chi connectivity index (χ0n) is 20.3. The van der Waals surface area contributed by atoms with E-state index in [2.05, 4.69) is 16.1 Å². The number of para-hydroxylation sites is 1. The molecule has 2 N–H and O–H groups in total. The number of anilines is 2. The highest BCUT2D eigenvalue weighted by atomic mass is 35.5. The summed E-state index contributed by atoms with van der Waals surface area (Å²) < 4.78 is 69.4. The van der Waals surface area contributed by atoms with Crippen LogP contribution in [0, 0.1) is 17.1 Å². The number of nitrogens with one attached hydrogen (secondary N) is 2. The number of nitriles is 1. The summed E-state index contributed by atoms with van der Waals surface area (Å²) in [4.78, 5) is 16.8. The van der Waals surface area contributed by atoms with Crippen LogP contribution in [0.5, 0.6) is 0 Å². The van der Waals surface area contributed by atoms with Crippen LogP contribution < -0.4 is 19.8 Å². The van der Waals surface area contributed by atoms with Crippen molar-refractivity contribution in [3.05, 3.63) is 83.3 Å². The van der Waals surface area contributed by atoms with Crippen LogP contribution in [0.1, 0.15) is 19.3 Å². The van der Waals surface area contributed by atoms with Crippen molar-refractivity contribution < 1.29 is 26.4 Å². The van der Waals surface area contributed by atoms with Crippen molar-refractivity contribution in [2.24, 2.45) is 0 Å². The SMILES string of the molecule is N#CC1=CC=CN(c2ccccc2Cl)[C@@]1(NC1CC(F)(F)C1)N(C(=O)[C@@H]1CCS(=O)(=O)N1)c1cccc(F)c1. The van der Waals surface area contributed by atoms with E-state index in [4.69, 9.17) is 11.6 Å². The fourth-order valence-electron chi connectivity index (χ4n) is 5.11. The number of halogens is 4. The van der Waals surface area contributed by atoms with Crippen LogP contribution in [0.25, 0.3) is 0 Å². The maximum atomic E-state index is 14.6. The van der Waals surface area contributed by atoms with Crippen LogP contribution in [0.15, 0.2) is 72.5 Å². The average molecular weight is 578 g/mol. The fraction of sp³-hybridized carbons (Fsp3) is 0.308. The Morgan fingerprint density at radius 2 is 1.95 bits per heavy atom. The molecule has 13 heteroatoms. The van der Waals surface area contributed by atoms with Crippen molar-refractivity contribution in [2.45, 2.75) is 43.1 Å². The van der Waals surface area contributed by atoms with Gasteiger partial charge in [0.2, 0.25) is 21.7 Å². The van der Waals surface area contributed by atoms with Crippen molar-refractivity contribution in [2.75, 3.05) is 15.6 Å². The molecule has 1 amide bonds. The monoisotopic (exact) mass is 577 g/mol. The zero-order valence-corrected chi connectivity index (χ0v) is 21.9. The molecule has 0 radical (unpaired) electrons. The minimum Gasteiger partial charge on any atom is -0.306 e. The number of benzene rings is 2. The van der Waals surface area contributed by atoms with Crippen molar-refractivity contribution in [1.29, 1.82) is 5.26 Å². The summed E-state index contributed by atoms with van der Waals surface area (Å²) in [6, 6.07) is 11.5. The molecule has 39 heavy (non-hydrogen) atoms. The second-order valence-electron chi connectivity index (χ2n) is 9.56. The molecule has 2 atom stereocenters. The van der Waals surface area contributed by atoms with E-state index in [-0.39, 0.29) is 28.5 Å². The second-order valence-corrected chi connectivity index (χ2v) is 11.8. The van der Waals surface area contributed by atoms with E-state index in [1.54, 1.807) is 24.3 Å². The second kappa shape index (κ2) is 9.98. The Bertz CT molecular complexity index is 1520. The third kappa shape index (κ3) is 5.03. The number of rotatable bonds is 6. The predicted molar refractivity (Wildman–Crippen MR) is 140 cm³/mol. The van der Waals surface area contributed by atoms with Crippen molar-refractivity contribution >= 4 is 38.9 Å². The van der Waals surface area contributed by atoms with Gasteiger partial charge in [-0.1, -0.05) is 29.8 Å². The first kappa shape index (κ1) is 27.2. The van der Waals surface area contributed by atoms with Gasteiger partial charge in [-0.3, -0.25) is 15.0 Å². The van der Waals surface area contributed by atoms with E-state index in [1.807, 2.05) is 0 Å². The summed E-state index contributed by atoms with van der Waals surface area (Å²) >= 11 is 6.54. The van der Waals surface area contributed by atoms with Gasteiger partial charge in [0.1, 0.15) is 17.9 Å². The Balaban J connectivity index is 1.76. The Labute approximate surface area is 228 Å². The quantitative estimate of drug-likeness (QED) is 0.502. The van der Waals surface area contributed by atoms with Gasteiger partial charge in [0.15, 0.2) is 0 Å². The first-order valence-electron chi connectivity index (χ1n) is 12.0. The van der Waals surface area contributed by atoms with E-state index < -0.39 is 58.4 Å². The van der Waals surface area contributed by atoms with Crippen LogP contribution in [-0.4, -0.2) is 43.9 Å². The molecule has 0 aromatic heterocycles. The van der Waals surface area contributed by atoms with E-state index >= 15 is 0 Å². The van der Waals surface area contributed by atoms with Gasteiger partial charge in [0.25, 0.3) is 5.92 Å². The molecule has 2 aromatic rings. The number of allylic oxidation sites excluding steroid dienone is 2. The van der Waals surface area contributed by atoms with Gasteiger partial charge in [-0.15, -0.1) is 0 Å². The zero-order chi connectivity index (χ0) is 28.0. The molecule has 8 nitrogen and oxygen atoms in total. The van der Waals surface area contributed by atoms with Crippen LogP contribution >= 0.6 is 11.6 Å². The topological polar surface area (TPSA) is 106 Å². The summed E-state index contributed by atoms with van der Waals surface area (Å²) in [5.74, 6) is -6.81. The molecule has 2 aromatic carbocycles. The highest BCUT2D eigenvalue weighted by Gasteiger charge is 2.57. The lowest BCUT2D eigenvalue weighted by Gasteiger charge is -2.54. The fourth-order valence-corrected chi connectivity index (χ4v) is 6.65. The highest BCUT2D eigenvalue weighted by Crippen LogP contribution is 2.45. The van der Waals surface area contributed by atoms with Gasteiger partial charge >= 0.3 is 0 Å². The van der Waals surface area contributed by atoms with E-state index in [1.165, 1.54) is 35.4 Å². The van der Waals surface area contributed by atoms with Gasteiger partial charge in [0, 0.05) is 25.1 Å². The maximum absolute atomic E-state index is 14.6. The first-order valence-corrected chi connectivity index (χ1v) is 14.1. The van der Waals surface area contributed by atoms with E-state index in [9.17, 15) is 31.6 Å². The molecule has 1 saturated heterocycles. The molecule has 1 aliphatic carbocycles. The molecule has 2 fully saturated rings. The summed E-state index contributed by atoms with van der Waals surface area (Å²) in [6.07, 6.45) is 3.23. The summed E-state index contributed by atoms with van der Waals surface area (Å²) in [6.45, 7) is 0. The summed E-state index contributed by atoms with van der Waals surface area (Å²) in [7, 11) is -3.76. The van der Waals surface area contributed by atoms with Gasteiger partial charge in [0.05, 0.1) is 27.7 Å². The van der Waals surface area contributed by atoms with Gasteiger partial charge in [-0.25, -0.2) is 26.3 Å². The molecule has 0 spiro atoms. The lowest BCUT2D eigenvalue weighted by Crippen LogP contribution is -2.76. The minimum atomic E-state index is -3.76. The molecule has 204 valence electrons. The third-order valence-corrected chi connectivity index (χ3v) is 8.59. The van der Waals surface area contributed by atoms with Crippen LogP contribution in [-0.2, 0) is 14.8 Å². The Morgan fingerprint density at radius 1 is 1.21 bits per heavy atom. The molecular weight excluding hydrogens is 555 g/mol. The van der Waals surface area contributed by atoms with Crippen molar-refractivity contribution in [3.63, 3.8) is 0 Å². The Hall–Kier alpha value is -3.37. The maximum Gasteiger partial charge on any atom is 0.251 e. The normalized spacial score (nSPS) is 25.5. The number of alkyl halides is 2. The molecule has 3 aliphatic rings. The third-order valence-electron chi connectivity index (χ3n) is 6.86. The summed E-state index contributed by atoms with van der Waals surface area (Å²) in [5, 5.41) is 13.6. The Morgan fingerprint density at radius 3 is 2.56 bits per heavy atom. The molecule has 2 aliphatic heterocycles. The number of amides is 1. The number of carbonyl (C=O) groups is 1. The standard InChI is InChI=1S/C26H23ClF3N5O3S/c27-21-8-1-2-9-23(21)34-11-4-5-17(16-31)26(34,32-19-14-25(29,30)15-19)35(20-7-3-6-18(28)13-20)24(36)22-10-12-39(37,38)33-22/h1-9,11,13,19,22,32-33H,10,12,14-15H2/t22-,26+/m0/s1. The number of hydrogen-bond acceptors (Lipinski definition) is 6. The molecule has 0 unspecified atom stereocenters. The minimum absolute atomic E-state index is 0.0295. The number of sulfonamides is 1. The number of hydrogen-bond donors (Lipinski definition) is 2. The largest absolute Gasteiger partial charge is 0.306 e. The molecule has 0 bridgehead atoms.